The number of carbonyl (C=O) groups excluding carboxylic acids is 1. The Morgan fingerprint density at radius 3 is 2.88 bits per heavy atom. The number of halogens is 1. The molecule has 0 saturated carbocycles. The first kappa shape index (κ1) is 17.3. The van der Waals surface area contributed by atoms with Gasteiger partial charge in [0, 0.05) is 17.3 Å². The maximum absolute atomic E-state index is 12.8. The van der Waals surface area contributed by atoms with Crippen LogP contribution in [0.2, 0.25) is 5.02 Å². The van der Waals surface area contributed by atoms with Crippen molar-refractivity contribution in [1.29, 1.82) is 5.26 Å². The molecular weight excluding hydrogens is 340 g/mol. The second-order valence-corrected chi connectivity index (χ2v) is 6.58. The van der Waals surface area contributed by atoms with Crippen LogP contribution in [0.15, 0.2) is 42.5 Å². The summed E-state index contributed by atoms with van der Waals surface area (Å²) in [5.74, 6) is 0.0255. The molecule has 1 N–H and O–H groups in total. The van der Waals surface area contributed by atoms with Gasteiger partial charge in [-0.2, -0.15) is 5.26 Å². The number of nitriles is 1. The van der Waals surface area contributed by atoms with Gasteiger partial charge in [0.15, 0.2) is 5.60 Å². The van der Waals surface area contributed by atoms with Crippen LogP contribution in [0.4, 0.5) is 5.69 Å². The third kappa shape index (κ3) is 3.46. The summed E-state index contributed by atoms with van der Waals surface area (Å²) in [6, 6.07) is 14.2. The van der Waals surface area contributed by atoms with Crippen LogP contribution in [-0.4, -0.2) is 29.8 Å². The van der Waals surface area contributed by atoms with E-state index < -0.39 is 11.5 Å². The van der Waals surface area contributed by atoms with Crippen molar-refractivity contribution in [3.63, 3.8) is 0 Å². The Morgan fingerprint density at radius 1 is 1.40 bits per heavy atom. The van der Waals surface area contributed by atoms with E-state index in [0.717, 1.165) is 5.56 Å². The van der Waals surface area contributed by atoms with Gasteiger partial charge in [-0.25, -0.2) is 0 Å². The van der Waals surface area contributed by atoms with Gasteiger partial charge in [0.05, 0.1) is 11.6 Å². The molecule has 0 fully saturated rings. The van der Waals surface area contributed by atoms with E-state index in [1.165, 1.54) is 11.8 Å². The summed E-state index contributed by atoms with van der Waals surface area (Å²) in [4.78, 5) is 14.3. The van der Waals surface area contributed by atoms with Crippen LogP contribution in [-0.2, 0) is 11.2 Å². The third-order valence-electron chi connectivity index (χ3n) is 4.17. The summed E-state index contributed by atoms with van der Waals surface area (Å²) in [5.41, 5.74) is 0.367. The second kappa shape index (κ2) is 6.75. The fraction of sp³-hybridized carbons (Fsp3) is 0.263. The van der Waals surface area contributed by atoms with E-state index in [1.807, 2.05) is 0 Å². The standard InChI is InChI=1S/C19H17ClN2O3/c1-19(24,12-25-15-6-3-5-14(20)10-15)18(23)22-9-8-16-13(11-21)4-2-7-17(16)22/h2-7,10,24H,8-9,12H2,1H3/t19-/m0/s1. The molecule has 128 valence electrons. The molecule has 1 amide bonds. The molecule has 0 spiro atoms. The zero-order chi connectivity index (χ0) is 18.0. The number of carbonyl (C=O) groups is 1. The number of hydrogen-bond donors (Lipinski definition) is 1. The average molecular weight is 357 g/mol. The fourth-order valence-electron chi connectivity index (χ4n) is 2.88. The summed E-state index contributed by atoms with van der Waals surface area (Å²) in [6.07, 6.45) is 0.593. The molecule has 1 aliphatic rings. The van der Waals surface area contributed by atoms with Crippen LogP contribution < -0.4 is 9.64 Å². The predicted octanol–water partition coefficient (Wildman–Crippen LogP) is 2.93. The maximum atomic E-state index is 12.8. The largest absolute Gasteiger partial charge is 0.490 e. The minimum Gasteiger partial charge on any atom is -0.490 e. The molecule has 0 aromatic heterocycles. The molecule has 1 atom stereocenters. The number of amides is 1. The van der Waals surface area contributed by atoms with Gasteiger partial charge in [-0.15, -0.1) is 0 Å². The highest BCUT2D eigenvalue weighted by Crippen LogP contribution is 2.32. The molecule has 0 radical (unpaired) electrons. The van der Waals surface area contributed by atoms with Crippen molar-refractivity contribution in [2.24, 2.45) is 0 Å². The van der Waals surface area contributed by atoms with Crippen LogP contribution in [0.25, 0.3) is 0 Å². The van der Waals surface area contributed by atoms with Crippen LogP contribution in [0.3, 0.4) is 0 Å². The highest BCUT2D eigenvalue weighted by Gasteiger charge is 2.39. The quantitative estimate of drug-likeness (QED) is 0.914. The molecule has 0 bridgehead atoms. The van der Waals surface area contributed by atoms with E-state index in [1.54, 1.807) is 42.5 Å². The van der Waals surface area contributed by atoms with Crippen LogP contribution in [0, 0.1) is 11.3 Å². The lowest BCUT2D eigenvalue weighted by molar-refractivity contribution is -0.137. The van der Waals surface area contributed by atoms with Gasteiger partial charge in [0.2, 0.25) is 0 Å². The van der Waals surface area contributed by atoms with E-state index in [9.17, 15) is 15.2 Å². The number of nitrogens with zero attached hydrogens (tertiary/aromatic N) is 2. The van der Waals surface area contributed by atoms with E-state index in [2.05, 4.69) is 6.07 Å². The molecule has 1 aliphatic heterocycles. The first-order chi connectivity index (χ1) is 11.9. The normalized spacial score (nSPS) is 15.2. The molecule has 0 saturated heterocycles. The molecule has 3 rings (SSSR count). The second-order valence-electron chi connectivity index (χ2n) is 6.14. The Balaban J connectivity index is 1.76. The molecule has 5 nitrogen and oxygen atoms in total. The van der Waals surface area contributed by atoms with E-state index >= 15 is 0 Å². The minimum atomic E-state index is -1.70. The number of benzene rings is 2. The number of aliphatic hydroxyl groups is 1. The summed E-state index contributed by atoms with van der Waals surface area (Å²) in [7, 11) is 0. The first-order valence-corrected chi connectivity index (χ1v) is 8.25. The highest BCUT2D eigenvalue weighted by molar-refractivity contribution is 6.30. The third-order valence-corrected chi connectivity index (χ3v) is 4.40. The molecule has 1 heterocycles. The number of anilines is 1. The fourth-order valence-corrected chi connectivity index (χ4v) is 3.06. The average Bonchev–Trinajstić information content (AvgIpc) is 3.03. The van der Waals surface area contributed by atoms with Crippen molar-refractivity contribution in [2.75, 3.05) is 18.1 Å². The Kier molecular flexibility index (Phi) is 4.67. The lowest BCUT2D eigenvalue weighted by Gasteiger charge is -2.28. The Hall–Kier alpha value is -2.55. The number of rotatable bonds is 4. The van der Waals surface area contributed by atoms with Gasteiger partial charge >= 0.3 is 0 Å². The van der Waals surface area contributed by atoms with Crippen molar-refractivity contribution in [3.05, 3.63) is 58.6 Å². The van der Waals surface area contributed by atoms with E-state index in [4.69, 9.17) is 16.3 Å². The number of ether oxygens (including phenoxy) is 1. The van der Waals surface area contributed by atoms with Crippen LogP contribution in [0.5, 0.6) is 5.75 Å². The van der Waals surface area contributed by atoms with Gasteiger partial charge in [-0.05, 0) is 49.2 Å². The molecule has 0 unspecified atom stereocenters. The zero-order valence-corrected chi connectivity index (χ0v) is 14.5. The number of fused-ring (bicyclic) bond motifs is 1. The summed E-state index contributed by atoms with van der Waals surface area (Å²) >= 11 is 5.90. The smallest absolute Gasteiger partial charge is 0.262 e. The van der Waals surface area contributed by atoms with Crippen LogP contribution in [0.1, 0.15) is 18.1 Å². The number of hydrogen-bond acceptors (Lipinski definition) is 4. The van der Waals surface area contributed by atoms with Gasteiger partial charge in [0.1, 0.15) is 12.4 Å². The summed E-state index contributed by atoms with van der Waals surface area (Å²) in [5, 5.41) is 20.3. The lowest BCUT2D eigenvalue weighted by atomic mass is 10.0. The van der Waals surface area contributed by atoms with Crippen molar-refractivity contribution >= 4 is 23.2 Å². The van der Waals surface area contributed by atoms with Gasteiger partial charge < -0.3 is 14.7 Å². The van der Waals surface area contributed by atoms with Crippen LogP contribution >= 0.6 is 11.6 Å². The zero-order valence-electron chi connectivity index (χ0n) is 13.7. The molecular formula is C19H17ClN2O3. The lowest BCUT2D eigenvalue weighted by Crippen LogP contribution is -2.50. The summed E-state index contributed by atoms with van der Waals surface area (Å²) < 4.78 is 5.53. The SMILES string of the molecule is C[C@](O)(COc1cccc(Cl)c1)C(=O)N1CCc2c(C#N)cccc21. The van der Waals surface area contributed by atoms with Crippen molar-refractivity contribution in [1.82, 2.24) is 0 Å². The van der Waals surface area contributed by atoms with E-state index in [0.29, 0.717) is 35.0 Å². The van der Waals surface area contributed by atoms with Gasteiger partial charge in [-0.1, -0.05) is 23.7 Å². The predicted molar refractivity (Wildman–Crippen MR) is 94.8 cm³/mol. The molecule has 0 aliphatic carbocycles. The Bertz CT molecular complexity index is 858. The topological polar surface area (TPSA) is 73.6 Å². The Morgan fingerprint density at radius 2 is 2.16 bits per heavy atom. The van der Waals surface area contributed by atoms with Gasteiger partial charge in [0.25, 0.3) is 5.91 Å². The van der Waals surface area contributed by atoms with Crippen molar-refractivity contribution in [2.45, 2.75) is 18.9 Å². The summed E-state index contributed by atoms with van der Waals surface area (Å²) in [6.45, 7) is 1.65. The maximum Gasteiger partial charge on any atom is 0.262 e. The Labute approximate surface area is 151 Å². The first-order valence-electron chi connectivity index (χ1n) is 7.87. The molecule has 6 heteroatoms. The van der Waals surface area contributed by atoms with Gasteiger partial charge in [-0.3, -0.25) is 4.79 Å². The molecule has 2 aromatic rings. The minimum absolute atomic E-state index is 0.198. The highest BCUT2D eigenvalue weighted by atomic mass is 35.5. The molecule has 2 aromatic carbocycles. The monoisotopic (exact) mass is 356 g/mol. The molecule has 25 heavy (non-hydrogen) atoms. The van der Waals surface area contributed by atoms with Crippen molar-refractivity contribution in [3.8, 4) is 11.8 Å². The van der Waals surface area contributed by atoms with Crippen molar-refractivity contribution < 1.29 is 14.6 Å². The van der Waals surface area contributed by atoms with E-state index in [-0.39, 0.29) is 6.61 Å².